The molecule has 1 aliphatic heterocycles. The fraction of sp³-hybridized carbons (Fsp3) is 1.00. The molecule has 0 aromatic carbocycles. The normalized spacial score (nSPS) is 27.5. The molecule has 0 aliphatic carbocycles. The minimum absolute atomic E-state index is 0.0410. The van der Waals surface area contributed by atoms with Gasteiger partial charge in [0.2, 0.25) is 0 Å². The molecule has 1 aliphatic rings. The number of rotatable bonds is 3. The zero-order chi connectivity index (χ0) is 10.1. The van der Waals surface area contributed by atoms with Crippen molar-refractivity contribution >= 4 is 11.8 Å². The van der Waals surface area contributed by atoms with E-state index in [1.165, 1.54) is 0 Å². The molecule has 1 fully saturated rings. The van der Waals surface area contributed by atoms with Gasteiger partial charge in [0.15, 0.2) is 0 Å². The van der Waals surface area contributed by atoms with Gasteiger partial charge in [-0.3, -0.25) is 0 Å². The maximum absolute atomic E-state index is 5.90. The highest BCUT2D eigenvalue weighted by atomic mass is 32.2. The number of hydrogen-bond acceptors (Lipinski definition) is 3. The van der Waals surface area contributed by atoms with Gasteiger partial charge in [-0.15, -0.1) is 0 Å². The van der Waals surface area contributed by atoms with Crippen molar-refractivity contribution in [3.8, 4) is 0 Å². The molecule has 1 rings (SSSR count). The maximum atomic E-state index is 5.90. The Morgan fingerprint density at radius 1 is 1.31 bits per heavy atom. The van der Waals surface area contributed by atoms with E-state index < -0.39 is 0 Å². The molecule has 0 spiro atoms. The Hall–Kier alpha value is 0.270. The highest BCUT2D eigenvalue weighted by molar-refractivity contribution is 8.01. The van der Waals surface area contributed by atoms with E-state index in [2.05, 4.69) is 27.7 Å². The summed E-state index contributed by atoms with van der Waals surface area (Å²) in [6.45, 7) is 9.57. The van der Waals surface area contributed by atoms with Crippen molar-refractivity contribution in [3.63, 3.8) is 0 Å². The molecule has 0 radical (unpaired) electrons. The summed E-state index contributed by atoms with van der Waals surface area (Å²) in [4.78, 5) is -0.0410. The lowest BCUT2D eigenvalue weighted by atomic mass is 9.95. The van der Waals surface area contributed by atoms with Crippen molar-refractivity contribution in [2.45, 2.75) is 38.1 Å². The van der Waals surface area contributed by atoms with E-state index in [0.717, 1.165) is 6.61 Å². The Labute approximate surface area is 85.4 Å². The van der Waals surface area contributed by atoms with Crippen LogP contribution in [-0.4, -0.2) is 24.1 Å². The summed E-state index contributed by atoms with van der Waals surface area (Å²) in [5, 5.41) is 0. The van der Waals surface area contributed by atoms with Crippen molar-refractivity contribution in [2.24, 2.45) is 11.8 Å². The van der Waals surface area contributed by atoms with Crippen LogP contribution < -0.4 is 0 Å². The van der Waals surface area contributed by atoms with Crippen LogP contribution in [0.25, 0.3) is 0 Å². The SMILES string of the molecule is COC1COC(C(C)C)(C(C)C)S1. The predicted octanol–water partition coefficient (Wildman–Crippen LogP) is 2.73. The summed E-state index contributed by atoms with van der Waals surface area (Å²) in [5.41, 5.74) is 0.213. The van der Waals surface area contributed by atoms with E-state index in [1.807, 2.05) is 11.8 Å². The van der Waals surface area contributed by atoms with E-state index in [-0.39, 0.29) is 10.4 Å². The molecule has 0 saturated carbocycles. The van der Waals surface area contributed by atoms with Crippen molar-refractivity contribution < 1.29 is 9.47 Å². The largest absolute Gasteiger partial charge is 0.368 e. The number of ether oxygens (including phenoxy) is 2. The van der Waals surface area contributed by atoms with Crippen LogP contribution in [0.15, 0.2) is 0 Å². The van der Waals surface area contributed by atoms with E-state index in [1.54, 1.807) is 7.11 Å². The van der Waals surface area contributed by atoms with Crippen molar-refractivity contribution in [1.82, 2.24) is 0 Å². The van der Waals surface area contributed by atoms with Crippen LogP contribution in [0.1, 0.15) is 27.7 Å². The average Bonchev–Trinajstić information content (AvgIpc) is 2.48. The van der Waals surface area contributed by atoms with E-state index in [9.17, 15) is 0 Å². The quantitative estimate of drug-likeness (QED) is 0.704. The average molecular weight is 204 g/mol. The molecule has 1 saturated heterocycles. The van der Waals surface area contributed by atoms with Crippen molar-refractivity contribution in [3.05, 3.63) is 0 Å². The Bertz CT molecular complexity index is 160. The van der Waals surface area contributed by atoms with Crippen LogP contribution in [0, 0.1) is 11.8 Å². The van der Waals surface area contributed by atoms with Gasteiger partial charge in [0.05, 0.1) is 6.61 Å². The van der Waals surface area contributed by atoms with Crippen molar-refractivity contribution in [2.75, 3.05) is 13.7 Å². The molecule has 0 aromatic heterocycles. The second-order valence-electron chi connectivity index (χ2n) is 4.12. The maximum Gasteiger partial charge on any atom is 0.128 e. The molecule has 2 nitrogen and oxygen atoms in total. The van der Waals surface area contributed by atoms with Gasteiger partial charge < -0.3 is 9.47 Å². The van der Waals surface area contributed by atoms with Gasteiger partial charge >= 0.3 is 0 Å². The van der Waals surface area contributed by atoms with Gasteiger partial charge in [0.1, 0.15) is 10.4 Å². The molecule has 1 heterocycles. The molecule has 0 bridgehead atoms. The van der Waals surface area contributed by atoms with Gasteiger partial charge in [-0.05, 0) is 11.8 Å². The molecule has 0 N–H and O–H groups in total. The topological polar surface area (TPSA) is 18.5 Å². The zero-order valence-corrected chi connectivity index (χ0v) is 9.98. The van der Waals surface area contributed by atoms with Crippen LogP contribution in [-0.2, 0) is 9.47 Å². The van der Waals surface area contributed by atoms with Gasteiger partial charge in [-0.1, -0.05) is 39.5 Å². The first-order valence-corrected chi connectivity index (χ1v) is 5.75. The fourth-order valence-electron chi connectivity index (χ4n) is 1.86. The molecule has 1 atom stereocenters. The highest BCUT2D eigenvalue weighted by Crippen LogP contribution is 2.48. The number of hydrogen-bond donors (Lipinski definition) is 0. The van der Waals surface area contributed by atoms with Crippen LogP contribution in [0.3, 0.4) is 0 Å². The molecule has 78 valence electrons. The van der Waals surface area contributed by atoms with Crippen LogP contribution in [0.4, 0.5) is 0 Å². The summed E-state index contributed by atoms with van der Waals surface area (Å²) >= 11 is 1.83. The van der Waals surface area contributed by atoms with Crippen LogP contribution >= 0.6 is 11.8 Å². The monoisotopic (exact) mass is 204 g/mol. The van der Waals surface area contributed by atoms with Crippen LogP contribution in [0.2, 0.25) is 0 Å². The third-order valence-electron chi connectivity index (χ3n) is 2.63. The van der Waals surface area contributed by atoms with Gasteiger partial charge in [0.25, 0.3) is 0 Å². The number of methoxy groups -OCH3 is 1. The van der Waals surface area contributed by atoms with Gasteiger partial charge in [-0.2, -0.15) is 0 Å². The zero-order valence-electron chi connectivity index (χ0n) is 9.16. The van der Waals surface area contributed by atoms with Crippen LogP contribution in [0.5, 0.6) is 0 Å². The predicted molar refractivity (Wildman–Crippen MR) is 56.7 cm³/mol. The molecule has 3 heteroatoms. The second kappa shape index (κ2) is 4.20. The number of thioether (sulfide) groups is 1. The summed E-state index contributed by atoms with van der Waals surface area (Å²) in [5.74, 6) is 1.05. The summed E-state index contributed by atoms with van der Waals surface area (Å²) in [6.07, 6.45) is 0. The van der Waals surface area contributed by atoms with E-state index in [4.69, 9.17) is 9.47 Å². The lowest BCUT2D eigenvalue weighted by Crippen LogP contribution is -2.36. The Balaban J connectivity index is 2.72. The third kappa shape index (κ3) is 2.03. The van der Waals surface area contributed by atoms with E-state index in [0.29, 0.717) is 11.8 Å². The van der Waals surface area contributed by atoms with E-state index >= 15 is 0 Å². The Morgan fingerprint density at radius 2 is 1.85 bits per heavy atom. The molecule has 0 aromatic rings. The lowest BCUT2D eigenvalue weighted by Gasteiger charge is -2.35. The molecule has 1 unspecified atom stereocenters. The summed E-state index contributed by atoms with van der Waals surface area (Å²) in [6, 6.07) is 0. The minimum atomic E-state index is -0.0410. The first-order chi connectivity index (χ1) is 6.03. The second-order valence-corrected chi connectivity index (χ2v) is 5.52. The summed E-state index contributed by atoms with van der Waals surface area (Å²) in [7, 11) is 1.75. The Morgan fingerprint density at radius 3 is 2.08 bits per heavy atom. The first kappa shape index (κ1) is 11.3. The molecular weight excluding hydrogens is 184 g/mol. The first-order valence-electron chi connectivity index (χ1n) is 4.87. The fourth-order valence-corrected chi connectivity index (χ4v) is 3.18. The lowest BCUT2D eigenvalue weighted by molar-refractivity contribution is -0.0369. The smallest absolute Gasteiger partial charge is 0.128 e. The molecule has 13 heavy (non-hydrogen) atoms. The van der Waals surface area contributed by atoms with Gasteiger partial charge in [0, 0.05) is 7.11 Å². The van der Waals surface area contributed by atoms with Gasteiger partial charge in [-0.25, -0.2) is 0 Å². The van der Waals surface area contributed by atoms with Crippen molar-refractivity contribution in [1.29, 1.82) is 0 Å². The highest BCUT2D eigenvalue weighted by Gasteiger charge is 2.46. The minimum Gasteiger partial charge on any atom is -0.368 e. The summed E-state index contributed by atoms with van der Waals surface area (Å²) < 4.78 is 11.2. The third-order valence-corrected chi connectivity index (χ3v) is 4.65. The Kier molecular flexibility index (Phi) is 3.66. The molecule has 0 amide bonds. The molecular formula is C10H20O2S. The standard InChI is InChI=1S/C10H20O2S/c1-7(2)10(8(3)4)12-6-9(11-5)13-10/h7-9H,6H2,1-5H3.